The molecule has 1 fully saturated rings. The molecule has 0 spiro atoms. The fourth-order valence-electron chi connectivity index (χ4n) is 2.37. The van der Waals surface area contributed by atoms with Crippen LogP contribution in [0.2, 0.25) is 0 Å². The summed E-state index contributed by atoms with van der Waals surface area (Å²) in [5.74, 6) is 1.23. The summed E-state index contributed by atoms with van der Waals surface area (Å²) < 4.78 is 20.8. The van der Waals surface area contributed by atoms with E-state index in [0.717, 1.165) is 11.8 Å². The lowest BCUT2D eigenvalue weighted by Gasteiger charge is -2.13. The van der Waals surface area contributed by atoms with Crippen molar-refractivity contribution in [2.75, 3.05) is 41.6 Å². The van der Waals surface area contributed by atoms with E-state index in [1.54, 1.807) is 25.3 Å². The number of hydrogen-bond acceptors (Lipinski definition) is 7. The molecular formula is C17H21NO6S. The Bertz CT molecular complexity index is 688. The van der Waals surface area contributed by atoms with E-state index in [9.17, 15) is 9.59 Å². The zero-order chi connectivity index (χ0) is 18.4. The molecule has 0 saturated carbocycles. The van der Waals surface area contributed by atoms with Crippen LogP contribution >= 0.6 is 11.8 Å². The van der Waals surface area contributed by atoms with Crippen LogP contribution in [0.3, 0.4) is 0 Å². The Balaban J connectivity index is 2.30. The average molecular weight is 367 g/mol. The van der Waals surface area contributed by atoms with E-state index < -0.39 is 0 Å². The molecule has 1 aromatic carbocycles. The van der Waals surface area contributed by atoms with Crippen molar-refractivity contribution < 1.29 is 28.5 Å². The topological polar surface area (TPSA) is 74.3 Å². The minimum absolute atomic E-state index is 0.285. The molecule has 0 bridgehead atoms. The van der Waals surface area contributed by atoms with Gasteiger partial charge in [0.1, 0.15) is 5.75 Å². The highest BCUT2D eigenvalue weighted by atomic mass is 32.2. The molecule has 1 aliphatic rings. The maximum absolute atomic E-state index is 12.5. The average Bonchev–Trinajstić information content (AvgIpc) is 2.88. The van der Waals surface area contributed by atoms with Crippen molar-refractivity contribution in [1.29, 1.82) is 0 Å². The van der Waals surface area contributed by atoms with Gasteiger partial charge < -0.3 is 18.9 Å². The van der Waals surface area contributed by atoms with Crippen molar-refractivity contribution in [3.63, 3.8) is 0 Å². The Morgan fingerprint density at radius 1 is 1.00 bits per heavy atom. The lowest BCUT2D eigenvalue weighted by atomic mass is 10.1. The van der Waals surface area contributed by atoms with E-state index in [1.807, 2.05) is 0 Å². The summed E-state index contributed by atoms with van der Waals surface area (Å²) in [6.07, 6.45) is 2.23. The number of nitrogens with zero attached hydrogens (tertiary/aromatic N) is 1. The molecule has 0 aromatic heterocycles. The van der Waals surface area contributed by atoms with Crippen molar-refractivity contribution in [1.82, 2.24) is 4.90 Å². The molecule has 0 unspecified atom stereocenters. The van der Waals surface area contributed by atoms with Crippen LogP contribution in [0.1, 0.15) is 12.0 Å². The molecule has 136 valence electrons. The smallest absolute Gasteiger partial charge is 0.293 e. The fraction of sp³-hybridized carbons (Fsp3) is 0.412. The third-order valence-electron chi connectivity index (χ3n) is 3.63. The number of carbonyl (C=O) groups excluding carboxylic acids is 2. The highest BCUT2D eigenvalue weighted by Gasteiger charge is 2.34. The van der Waals surface area contributed by atoms with Crippen LogP contribution in [0.5, 0.6) is 17.2 Å². The van der Waals surface area contributed by atoms with Gasteiger partial charge in [-0.2, -0.15) is 0 Å². The van der Waals surface area contributed by atoms with Gasteiger partial charge in [0, 0.05) is 31.9 Å². The van der Waals surface area contributed by atoms with Crippen LogP contribution < -0.4 is 14.2 Å². The minimum atomic E-state index is -0.317. The van der Waals surface area contributed by atoms with Gasteiger partial charge in [0.15, 0.2) is 11.5 Å². The van der Waals surface area contributed by atoms with Gasteiger partial charge in [0.25, 0.3) is 11.1 Å². The number of methoxy groups -OCH3 is 4. The molecule has 0 aliphatic carbocycles. The zero-order valence-corrected chi connectivity index (χ0v) is 15.5. The second kappa shape index (κ2) is 8.77. The summed E-state index contributed by atoms with van der Waals surface area (Å²) in [5, 5.41) is -0.285. The fourth-order valence-corrected chi connectivity index (χ4v) is 3.22. The van der Waals surface area contributed by atoms with E-state index in [-0.39, 0.29) is 11.1 Å². The SMILES string of the molecule is COCCCN1C(=O)S/C(=C/c2cc(OC)c(OC)cc2OC)C1=O. The van der Waals surface area contributed by atoms with Crippen LogP contribution in [-0.2, 0) is 9.53 Å². The monoisotopic (exact) mass is 367 g/mol. The Kier molecular flexibility index (Phi) is 6.72. The van der Waals surface area contributed by atoms with E-state index in [0.29, 0.717) is 47.3 Å². The van der Waals surface area contributed by atoms with Gasteiger partial charge in [0.2, 0.25) is 0 Å². The Hall–Kier alpha value is -2.19. The van der Waals surface area contributed by atoms with Crippen LogP contribution in [0, 0.1) is 0 Å². The molecule has 2 rings (SSSR count). The number of ether oxygens (including phenoxy) is 4. The summed E-state index contributed by atoms with van der Waals surface area (Å²) in [6.45, 7) is 0.823. The van der Waals surface area contributed by atoms with Crippen LogP contribution in [0.15, 0.2) is 17.0 Å². The van der Waals surface area contributed by atoms with Crippen molar-refractivity contribution in [2.45, 2.75) is 6.42 Å². The van der Waals surface area contributed by atoms with Crippen LogP contribution in [0.25, 0.3) is 6.08 Å². The number of rotatable bonds is 8. The van der Waals surface area contributed by atoms with Gasteiger partial charge in [0.05, 0.1) is 26.2 Å². The molecule has 1 saturated heterocycles. The predicted octanol–water partition coefficient (Wildman–Crippen LogP) is 2.79. The number of carbonyl (C=O) groups is 2. The van der Waals surface area contributed by atoms with Gasteiger partial charge in [-0.1, -0.05) is 0 Å². The van der Waals surface area contributed by atoms with Crippen LogP contribution in [-0.4, -0.2) is 57.6 Å². The quantitative estimate of drug-likeness (QED) is 0.517. The summed E-state index contributed by atoms with van der Waals surface area (Å²) >= 11 is 0.907. The van der Waals surface area contributed by atoms with Gasteiger partial charge in [-0.3, -0.25) is 14.5 Å². The first-order chi connectivity index (χ1) is 12.0. The van der Waals surface area contributed by atoms with Gasteiger partial charge in [-0.05, 0) is 30.3 Å². The maximum Gasteiger partial charge on any atom is 0.293 e. The molecule has 0 atom stereocenters. The lowest BCUT2D eigenvalue weighted by Crippen LogP contribution is -2.29. The van der Waals surface area contributed by atoms with E-state index >= 15 is 0 Å². The molecule has 1 aliphatic heterocycles. The van der Waals surface area contributed by atoms with Crippen LogP contribution in [0.4, 0.5) is 4.79 Å². The molecule has 1 aromatic rings. The van der Waals surface area contributed by atoms with E-state index in [2.05, 4.69) is 0 Å². The highest BCUT2D eigenvalue weighted by molar-refractivity contribution is 8.18. The summed E-state index contributed by atoms with van der Waals surface area (Å²) in [4.78, 5) is 26.1. The summed E-state index contributed by atoms with van der Waals surface area (Å²) in [6, 6.07) is 3.38. The molecule has 8 heteroatoms. The van der Waals surface area contributed by atoms with Crippen molar-refractivity contribution in [3.05, 3.63) is 22.6 Å². The van der Waals surface area contributed by atoms with E-state index in [1.165, 1.54) is 26.2 Å². The number of hydrogen-bond donors (Lipinski definition) is 0. The Labute approximate surface area is 150 Å². The highest BCUT2D eigenvalue weighted by Crippen LogP contribution is 2.38. The largest absolute Gasteiger partial charge is 0.496 e. The second-order valence-corrected chi connectivity index (χ2v) is 6.12. The first-order valence-electron chi connectivity index (χ1n) is 7.60. The second-order valence-electron chi connectivity index (χ2n) is 5.13. The molecular weight excluding hydrogens is 346 g/mol. The molecule has 2 amide bonds. The summed E-state index contributed by atoms with van der Waals surface area (Å²) in [7, 11) is 6.16. The number of imide groups is 1. The first kappa shape index (κ1) is 19.1. The van der Waals surface area contributed by atoms with Crippen molar-refractivity contribution in [3.8, 4) is 17.2 Å². The van der Waals surface area contributed by atoms with E-state index in [4.69, 9.17) is 18.9 Å². The first-order valence-corrected chi connectivity index (χ1v) is 8.41. The molecule has 0 N–H and O–H groups in total. The standard InChI is InChI=1S/C17H21NO6S/c1-21-7-5-6-18-16(19)15(25-17(18)20)9-11-8-13(23-3)14(24-4)10-12(11)22-2/h8-10H,5-7H2,1-4H3/b15-9+. The lowest BCUT2D eigenvalue weighted by molar-refractivity contribution is -0.122. The normalized spacial score (nSPS) is 15.8. The number of thioether (sulfide) groups is 1. The number of benzene rings is 1. The third kappa shape index (κ3) is 4.26. The predicted molar refractivity (Wildman–Crippen MR) is 95.3 cm³/mol. The Morgan fingerprint density at radius 3 is 2.24 bits per heavy atom. The molecule has 1 heterocycles. The molecule has 7 nitrogen and oxygen atoms in total. The van der Waals surface area contributed by atoms with Crippen molar-refractivity contribution in [2.24, 2.45) is 0 Å². The zero-order valence-electron chi connectivity index (χ0n) is 14.7. The maximum atomic E-state index is 12.5. The van der Waals surface area contributed by atoms with Gasteiger partial charge in [-0.25, -0.2) is 0 Å². The van der Waals surface area contributed by atoms with Crippen molar-refractivity contribution >= 4 is 29.0 Å². The molecule has 25 heavy (non-hydrogen) atoms. The summed E-state index contributed by atoms with van der Waals surface area (Å²) in [5.41, 5.74) is 0.627. The minimum Gasteiger partial charge on any atom is -0.496 e. The van der Waals surface area contributed by atoms with Gasteiger partial charge >= 0.3 is 0 Å². The van der Waals surface area contributed by atoms with Gasteiger partial charge in [-0.15, -0.1) is 0 Å². The molecule has 0 radical (unpaired) electrons. The third-order valence-corrected chi connectivity index (χ3v) is 4.53. The Morgan fingerprint density at radius 2 is 1.64 bits per heavy atom. The number of amides is 2.